The summed E-state index contributed by atoms with van der Waals surface area (Å²) in [7, 11) is -3.59. The molecule has 0 spiro atoms. The minimum absolute atomic E-state index is 0.0397. The third-order valence-corrected chi connectivity index (χ3v) is 7.05. The van der Waals surface area contributed by atoms with Crippen molar-refractivity contribution in [1.29, 1.82) is 0 Å². The second-order valence-corrected chi connectivity index (χ2v) is 9.01. The van der Waals surface area contributed by atoms with Gasteiger partial charge in [-0.25, -0.2) is 0 Å². The van der Waals surface area contributed by atoms with Gasteiger partial charge in [0.25, 0.3) is 10.2 Å². The average Bonchev–Trinajstić information content (AvgIpc) is 2.60. The summed E-state index contributed by atoms with van der Waals surface area (Å²) in [4.78, 5) is 14.3. The molecule has 138 valence electrons. The SMILES string of the molecule is CC1CCN(C(=O)CN2CCCN(Cc3ccccc3)S2(=O)=O)CC1. The molecular weight excluding hydrogens is 338 g/mol. The topological polar surface area (TPSA) is 60.9 Å². The monoisotopic (exact) mass is 365 g/mol. The van der Waals surface area contributed by atoms with Gasteiger partial charge in [-0.1, -0.05) is 37.3 Å². The molecule has 25 heavy (non-hydrogen) atoms. The quantitative estimate of drug-likeness (QED) is 0.816. The zero-order valence-corrected chi connectivity index (χ0v) is 15.6. The molecule has 2 aliphatic heterocycles. The summed E-state index contributed by atoms with van der Waals surface area (Å²) in [5.41, 5.74) is 0.962. The Morgan fingerprint density at radius 2 is 1.68 bits per heavy atom. The lowest BCUT2D eigenvalue weighted by atomic mass is 9.99. The van der Waals surface area contributed by atoms with Gasteiger partial charge in [-0.3, -0.25) is 4.79 Å². The van der Waals surface area contributed by atoms with E-state index in [1.807, 2.05) is 35.2 Å². The Labute approximate surface area is 150 Å². The van der Waals surface area contributed by atoms with Crippen molar-refractivity contribution >= 4 is 16.1 Å². The lowest BCUT2D eigenvalue weighted by Gasteiger charge is -2.36. The maximum absolute atomic E-state index is 12.9. The van der Waals surface area contributed by atoms with E-state index in [0.29, 0.717) is 25.6 Å². The van der Waals surface area contributed by atoms with Gasteiger partial charge < -0.3 is 4.90 Å². The number of carbonyl (C=O) groups is 1. The molecule has 0 atom stereocenters. The van der Waals surface area contributed by atoms with Gasteiger partial charge in [0.15, 0.2) is 0 Å². The smallest absolute Gasteiger partial charge is 0.282 e. The molecule has 0 unspecified atom stereocenters. The molecule has 1 aromatic carbocycles. The summed E-state index contributed by atoms with van der Waals surface area (Å²) >= 11 is 0. The molecule has 2 aliphatic rings. The van der Waals surface area contributed by atoms with Gasteiger partial charge >= 0.3 is 0 Å². The number of hydrogen-bond donors (Lipinski definition) is 0. The Bertz CT molecular complexity index is 685. The van der Waals surface area contributed by atoms with Crippen molar-refractivity contribution in [2.45, 2.75) is 32.7 Å². The Kier molecular flexibility index (Phi) is 5.76. The molecule has 2 heterocycles. The van der Waals surface area contributed by atoms with E-state index < -0.39 is 10.2 Å². The van der Waals surface area contributed by atoms with Crippen LogP contribution in [-0.4, -0.2) is 60.6 Å². The van der Waals surface area contributed by atoms with Crippen LogP contribution in [0.2, 0.25) is 0 Å². The first kappa shape index (κ1) is 18.4. The third kappa shape index (κ3) is 4.40. The standard InChI is InChI=1S/C18H27N3O3S/c1-16-8-12-19(13-9-16)18(22)15-21-11-5-10-20(25(21,23)24)14-17-6-3-2-4-7-17/h2-4,6-7,16H,5,8-15H2,1H3. The molecule has 2 saturated heterocycles. The summed E-state index contributed by atoms with van der Waals surface area (Å²) < 4.78 is 28.6. The third-order valence-electron chi connectivity index (χ3n) is 5.12. The van der Waals surface area contributed by atoms with Crippen LogP contribution in [0.4, 0.5) is 0 Å². The Balaban J connectivity index is 1.64. The Morgan fingerprint density at radius 3 is 2.36 bits per heavy atom. The van der Waals surface area contributed by atoms with E-state index in [2.05, 4.69) is 6.92 Å². The highest BCUT2D eigenvalue weighted by atomic mass is 32.2. The Hall–Kier alpha value is -1.44. The number of hydrogen-bond acceptors (Lipinski definition) is 3. The van der Waals surface area contributed by atoms with Crippen LogP contribution in [0.5, 0.6) is 0 Å². The number of nitrogens with zero attached hydrogens (tertiary/aromatic N) is 3. The molecule has 3 rings (SSSR count). The molecule has 1 amide bonds. The summed E-state index contributed by atoms with van der Waals surface area (Å²) in [6, 6.07) is 9.58. The highest BCUT2D eigenvalue weighted by Gasteiger charge is 2.35. The van der Waals surface area contributed by atoms with Crippen molar-refractivity contribution in [3.8, 4) is 0 Å². The van der Waals surface area contributed by atoms with E-state index in [-0.39, 0.29) is 12.5 Å². The van der Waals surface area contributed by atoms with Gasteiger partial charge in [-0.2, -0.15) is 17.0 Å². The fraction of sp³-hybridized carbons (Fsp3) is 0.611. The van der Waals surface area contributed by atoms with E-state index in [4.69, 9.17) is 0 Å². The van der Waals surface area contributed by atoms with Gasteiger partial charge in [0, 0.05) is 32.7 Å². The van der Waals surface area contributed by atoms with Crippen LogP contribution in [0.3, 0.4) is 0 Å². The van der Waals surface area contributed by atoms with Gasteiger partial charge in [-0.05, 0) is 30.7 Å². The zero-order chi connectivity index (χ0) is 17.9. The van der Waals surface area contributed by atoms with Gasteiger partial charge in [0.1, 0.15) is 0 Å². The highest BCUT2D eigenvalue weighted by molar-refractivity contribution is 7.86. The van der Waals surface area contributed by atoms with Gasteiger partial charge in [0.2, 0.25) is 5.91 Å². The molecule has 2 fully saturated rings. The molecule has 0 aromatic heterocycles. The number of amides is 1. The van der Waals surface area contributed by atoms with Gasteiger partial charge in [0.05, 0.1) is 6.54 Å². The summed E-state index contributed by atoms with van der Waals surface area (Å²) in [6.45, 7) is 4.91. The average molecular weight is 365 g/mol. The molecule has 0 radical (unpaired) electrons. The van der Waals surface area contributed by atoms with Crippen LogP contribution < -0.4 is 0 Å². The number of rotatable bonds is 4. The number of likely N-dealkylation sites (tertiary alicyclic amines) is 1. The van der Waals surface area contributed by atoms with Crippen molar-refractivity contribution in [2.24, 2.45) is 5.92 Å². The fourth-order valence-electron chi connectivity index (χ4n) is 3.43. The molecule has 0 N–H and O–H groups in total. The number of carbonyl (C=O) groups excluding carboxylic acids is 1. The van der Waals surface area contributed by atoms with E-state index in [0.717, 1.165) is 37.9 Å². The van der Waals surface area contributed by atoms with Crippen molar-refractivity contribution < 1.29 is 13.2 Å². The number of benzene rings is 1. The van der Waals surface area contributed by atoms with Crippen LogP contribution in [0.1, 0.15) is 31.7 Å². The predicted octanol–water partition coefficient (Wildman–Crippen LogP) is 1.70. The second-order valence-electron chi connectivity index (χ2n) is 7.08. The van der Waals surface area contributed by atoms with Crippen LogP contribution in [0, 0.1) is 5.92 Å². The second kappa shape index (κ2) is 7.85. The minimum atomic E-state index is -3.59. The predicted molar refractivity (Wildman–Crippen MR) is 96.9 cm³/mol. The van der Waals surface area contributed by atoms with Crippen LogP contribution in [0.15, 0.2) is 30.3 Å². The van der Waals surface area contributed by atoms with Gasteiger partial charge in [-0.15, -0.1) is 0 Å². The van der Waals surface area contributed by atoms with Crippen molar-refractivity contribution in [1.82, 2.24) is 13.5 Å². The first-order valence-corrected chi connectivity index (χ1v) is 10.4. The maximum atomic E-state index is 12.9. The van der Waals surface area contributed by atoms with E-state index in [9.17, 15) is 13.2 Å². The van der Waals surface area contributed by atoms with Crippen LogP contribution >= 0.6 is 0 Å². The summed E-state index contributed by atoms with van der Waals surface area (Å²) in [5.74, 6) is 0.571. The molecule has 7 heteroatoms. The lowest BCUT2D eigenvalue weighted by Crippen LogP contribution is -2.53. The van der Waals surface area contributed by atoms with Crippen LogP contribution in [-0.2, 0) is 21.5 Å². The molecular formula is C18H27N3O3S. The molecule has 6 nitrogen and oxygen atoms in total. The lowest BCUT2D eigenvalue weighted by molar-refractivity contribution is -0.132. The zero-order valence-electron chi connectivity index (χ0n) is 14.8. The Morgan fingerprint density at radius 1 is 1.04 bits per heavy atom. The number of piperidine rings is 1. The van der Waals surface area contributed by atoms with Crippen molar-refractivity contribution in [3.63, 3.8) is 0 Å². The molecule has 0 bridgehead atoms. The fourth-order valence-corrected chi connectivity index (χ4v) is 5.07. The van der Waals surface area contributed by atoms with Crippen LogP contribution in [0.25, 0.3) is 0 Å². The molecule has 0 aliphatic carbocycles. The first-order valence-electron chi connectivity index (χ1n) is 9.04. The van der Waals surface area contributed by atoms with E-state index in [1.54, 1.807) is 0 Å². The highest BCUT2D eigenvalue weighted by Crippen LogP contribution is 2.21. The van der Waals surface area contributed by atoms with E-state index in [1.165, 1.54) is 8.61 Å². The normalized spacial score (nSPS) is 22.8. The molecule has 1 aromatic rings. The summed E-state index contributed by atoms with van der Waals surface area (Å²) in [5, 5.41) is 0. The molecule has 0 saturated carbocycles. The summed E-state index contributed by atoms with van der Waals surface area (Å²) in [6.07, 6.45) is 2.74. The van der Waals surface area contributed by atoms with E-state index >= 15 is 0 Å². The largest absolute Gasteiger partial charge is 0.342 e. The van der Waals surface area contributed by atoms with Crippen molar-refractivity contribution in [2.75, 3.05) is 32.7 Å². The minimum Gasteiger partial charge on any atom is -0.342 e. The maximum Gasteiger partial charge on any atom is 0.282 e. The first-order chi connectivity index (χ1) is 12.0. The van der Waals surface area contributed by atoms with Crippen molar-refractivity contribution in [3.05, 3.63) is 35.9 Å².